The number of rotatable bonds is 0. The molecule has 0 bridgehead atoms. The Morgan fingerprint density at radius 1 is 1.15 bits per heavy atom. The Balaban J connectivity index is 1.78. The third-order valence-electron chi connectivity index (χ3n) is 8.54. The van der Waals surface area contributed by atoms with Gasteiger partial charge in [-0.2, -0.15) is 0 Å². The predicted molar refractivity (Wildman–Crippen MR) is 95.7 cm³/mol. The SMILES string of the molecule is C#C[C@]1(O)[C@@H](O)C[C@H]2[C@@H]3CC=C4[C@@H](O)[C@H](O)CC[C@]4(C)[C@H]3[C@@H](O)C[C@@]21C. The molecule has 0 aromatic heterocycles. The number of hydrogen-bond acceptors (Lipinski definition) is 5. The van der Waals surface area contributed by atoms with E-state index in [4.69, 9.17) is 6.42 Å². The molecule has 4 aliphatic rings. The standard InChI is InChI=1S/C21H30O5/c1-4-21(26)16(24)9-13-11-5-6-12-18(25)14(22)7-8-19(12,2)17(11)15(23)10-20(13,21)3/h1,6,11,13-18,22-26H,5,7-10H2,2-3H3/t11-,13-,14+,15-,16-,17+,18+,19-,20-,21-/m0/s1. The van der Waals surface area contributed by atoms with Crippen LogP contribution in [0.5, 0.6) is 0 Å². The molecule has 0 spiro atoms. The lowest BCUT2D eigenvalue weighted by Crippen LogP contribution is -2.61. The van der Waals surface area contributed by atoms with Crippen molar-refractivity contribution in [1.82, 2.24) is 0 Å². The van der Waals surface area contributed by atoms with E-state index in [0.717, 1.165) is 5.57 Å². The van der Waals surface area contributed by atoms with Crippen LogP contribution in [0, 0.1) is 40.9 Å². The maximum Gasteiger partial charge on any atom is 0.156 e. The monoisotopic (exact) mass is 362 g/mol. The van der Waals surface area contributed by atoms with Crippen LogP contribution in [0.25, 0.3) is 0 Å². The van der Waals surface area contributed by atoms with Crippen LogP contribution in [0.3, 0.4) is 0 Å². The fourth-order valence-corrected chi connectivity index (χ4v) is 7.13. The van der Waals surface area contributed by atoms with Crippen molar-refractivity contribution < 1.29 is 25.5 Å². The maximum atomic E-state index is 11.2. The smallest absolute Gasteiger partial charge is 0.156 e. The quantitative estimate of drug-likeness (QED) is 0.321. The van der Waals surface area contributed by atoms with Gasteiger partial charge in [-0.25, -0.2) is 0 Å². The van der Waals surface area contributed by atoms with Crippen molar-refractivity contribution in [2.24, 2.45) is 28.6 Å². The molecule has 26 heavy (non-hydrogen) atoms. The van der Waals surface area contributed by atoms with Crippen LogP contribution in [0.15, 0.2) is 11.6 Å². The van der Waals surface area contributed by atoms with Crippen molar-refractivity contribution in [3.8, 4) is 12.3 Å². The van der Waals surface area contributed by atoms with Gasteiger partial charge in [0.2, 0.25) is 0 Å². The third kappa shape index (κ3) is 2.00. The van der Waals surface area contributed by atoms with Gasteiger partial charge >= 0.3 is 0 Å². The molecule has 0 amide bonds. The van der Waals surface area contributed by atoms with Gasteiger partial charge in [-0.3, -0.25) is 0 Å². The molecule has 3 fully saturated rings. The van der Waals surface area contributed by atoms with Crippen molar-refractivity contribution in [2.75, 3.05) is 0 Å². The fraction of sp³-hybridized carbons (Fsp3) is 0.810. The number of aliphatic hydroxyl groups excluding tert-OH is 4. The third-order valence-corrected chi connectivity index (χ3v) is 8.54. The minimum absolute atomic E-state index is 0.00516. The van der Waals surface area contributed by atoms with E-state index in [0.29, 0.717) is 32.1 Å². The van der Waals surface area contributed by atoms with Crippen LogP contribution < -0.4 is 0 Å². The molecule has 144 valence electrons. The highest BCUT2D eigenvalue weighted by Crippen LogP contribution is 2.67. The van der Waals surface area contributed by atoms with E-state index in [2.05, 4.69) is 12.8 Å². The van der Waals surface area contributed by atoms with E-state index < -0.39 is 35.4 Å². The van der Waals surface area contributed by atoms with Gasteiger partial charge in [-0.1, -0.05) is 25.8 Å². The van der Waals surface area contributed by atoms with Gasteiger partial charge in [0.05, 0.1) is 18.3 Å². The first-order valence-electron chi connectivity index (χ1n) is 9.73. The molecule has 5 nitrogen and oxygen atoms in total. The fourth-order valence-electron chi connectivity index (χ4n) is 7.13. The summed E-state index contributed by atoms with van der Waals surface area (Å²) in [6, 6.07) is 0. The van der Waals surface area contributed by atoms with Crippen molar-refractivity contribution in [1.29, 1.82) is 0 Å². The zero-order chi connectivity index (χ0) is 19.1. The first kappa shape index (κ1) is 18.5. The summed E-state index contributed by atoms with van der Waals surface area (Å²) in [6.45, 7) is 3.98. The summed E-state index contributed by atoms with van der Waals surface area (Å²) in [5.41, 5.74) is -1.91. The molecule has 5 N–H and O–H groups in total. The van der Waals surface area contributed by atoms with Crippen LogP contribution in [0.2, 0.25) is 0 Å². The molecule has 10 atom stereocenters. The molecule has 5 heteroatoms. The Bertz CT molecular complexity index is 682. The van der Waals surface area contributed by atoms with Crippen molar-refractivity contribution >= 4 is 0 Å². The minimum Gasteiger partial charge on any atom is -0.393 e. The molecule has 0 aromatic carbocycles. The Hall–Kier alpha value is -0.900. The van der Waals surface area contributed by atoms with Crippen LogP contribution in [0.1, 0.15) is 46.0 Å². The van der Waals surface area contributed by atoms with Gasteiger partial charge in [0, 0.05) is 5.41 Å². The molecule has 0 aliphatic heterocycles. The number of terminal acetylenes is 1. The lowest BCUT2D eigenvalue weighted by molar-refractivity contribution is -0.165. The Labute approximate surface area is 154 Å². The molecular weight excluding hydrogens is 332 g/mol. The van der Waals surface area contributed by atoms with Crippen LogP contribution in [0.4, 0.5) is 0 Å². The number of fused-ring (bicyclic) bond motifs is 5. The van der Waals surface area contributed by atoms with E-state index in [1.54, 1.807) is 0 Å². The van der Waals surface area contributed by atoms with Crippen molar-refractivity contribution in [3.63, 3.8) is 0 Å². The lowest BCUT2D eigenvalue weighted by atomic mass is 9.46. The van der Waals surface area contributed by atoms with Crippen LogP contribution >= 0.6 is 0 Å². The molecule has 3 saturated carbocycles. The molecule has 0 unspecified atom stereocenters. The highest BCUT2D eigenvalue weighted by molar-refractivity contribution is 5.33. The van der Waals surface area contributed by atoms with E-state index in [1.165, 1.54) is 0 Å². The molecule has 4 rings (SSSR count). The largest absolute Gasteiger partial charge is 0.393 e. The zero-order valence-electron chi connectivity index (χ0n) is 15.5. The van der Waals surface area contributed by atoms with Gasteiger partial charge in [-0.05, 0) is 60.8 Å². The Morgan fingerprint density at radius 3 is 2.50 bits per heavy atom. The van der Waals surface area contributed by atoms with Crippen LogP contribution in [-0.4, -0.2) is 55.5 Å². The first-order valence-corrected chi connectivity index (χ1v) is 9.73. The second kappa shape index (κ2) is 5.56. The molecule has 0 radical (unpaired) electrons. The molecule has 4 aliphatic carbocycles. The van der Waals surface area contributed by atoms with Crippen molar-refractivity contribution in [3.05, 3.63) is 11.6 Å². The summed E-state index contributed by atoms with van der Waals surface area (Å²) in [5.74, 6) is 2.44. The highest BCUT2D eigenvalue weighted by atomic mass is 16.3. The highest BCUT2D eigenvalue weighted by Gasteiger charge is 2.69. The Kier molecular flexibility index (Phi) is 3.95. The van der Waals surface area contributed by atoms with Crippen molar-refractivity contribution in [2.45, 2.75) is 76.0 Å². The lowest BCUT2D eigenvalue weighted by Gasteiger charge is -2.60. The normalized spacial score (nSPS) is 58.8. The number of aliphatic hydroxyl groups is 5. The van der Waals surface area contributed by atoms with Gasteiger partial charge in [0.15, 0.2) is 5.60 Å². The summed E-state index contributed by atoms with van der Waals surface area (Å²) >= 11 is 0. The summed E-state index contributed by atoms with van der Waals surface area (Å²) in [7, 11) is 0. The van der Waals surface area contributed by atoms with Gasteiger partial charge in [-0.15, -0.1) is 6.42 Å². The zero-order valence-corrected chi connectivity index (χ0v) is 15.5. The average molecular weight is 362 g/mol. The topological polar surface area (TPSA) is 101 Å². The summed E-state index contributed by atoms with van der Waals surface area (Å²) < 4.78 is 0. The maximum absolute atomic E-state index is 11.2. The molecule has 0 saturated heterocycles. The van der Waals surface area contributed by atoms with Gasteiger partial charge < -0.3 is 25.5 Å². The first-order chi connectivity index (χ1) is 12.1. The second-order valence-corrected chi connectivity index (χ2v) is 9.51. The number of allylic oxidation sites excluding steroid dienone is 1. The van der Waals surface area contributed by atoms with Gasteiger partial charge in [0.25, 0.3) is 0 Å². The van der Waals surface area contributed by atoms with E-state index in [9.17, 15) is 25.5 Å². The molecular formula is C21H30O5. The van der Waals surface area contributed by atoms with E-state index >= 15 is 0 Å². The Morgan fingerprint density at radius 2 is 1.85 bits per heavy atom. The molecule has 0 aromatic rings. The summed E-state index contributed by atoms with van der Waals surface area (Å²) in [4.78, 5) is 0. The predicted octanol–water partition coefficient (Wildman–Crippen LogP) is 0.587. The van der Waals surface area contributed by atoms with E-state index in [-0.39, 0.29) is 23.2 Å². The number of hydrogen-bond donors (Lipinski definition) is 5. The van der Waals surface area contributed by atoms with E-state index in [1.807, 2.05) is 13.0 Å². The van der Waals surface area contributed by atoms with Crippen LogP contribution in [-0.2, 0) is 0 Å². The average Bonchev–Trinajstić information content (AvgIpc) is 2.79. The van der Waals surface area contributed by atoms with Gasteiger partial charge in [0.1, 0.15) is 6.10 Å². The minimum atomic E-state index is -1.63. The summed E-state index contributed by atoms with van der Waals surface area (Å²) in [5, 5.41) is 53.3. The summed E-state index contributed by atoms with van der Waals surface area (Å²) in [6.07, 6.45) is 6.95. The second-order valence-electron chi connectivity index (χ2n) is 9.51. The molecule has 0 heterocycles.